The van der Waals surface area contributed by atoms with Crippen molar-refractivity contribution in [2.45, 2.75) is 52.2 Å². The zero-order valence-corrected chi connectivity index (χ0v) is 10.8. The maximum absolute atomic E-state index is 6.15. The SMILES string of the molecule is Cc1cc2c(c(C(C)(C)C)c1)OC(C)C2N. The molecule has 2 unspecified atom stereocenters. The van der Waals surface area contributed by atoms with Gasteiger partial charge in [-0.2, -0.15) is 0 Å². The molecule has 0 spiro atoms. The van der Waals surface area contributed by atoms with E-state index in [9.17, 15) is 0 Å². The van der Waals surface area contributed by atoms with Gasteiger partial charge in [0.25, 0.3) is 0 Å². The molecule has 1 aliphatic rings. The van der Waals surface area contributed by atoms with Crippen molar-refractivity contribution < 1.29 is 4.74 Å². The van der Waals surface area contributed by atoms with Crippen molar-refractivity contribution >= 4 is 0 Å². The van der Waals surface area contributed by atoms with Crippen molar-refractivity contribution in [1.82, 2.24) is 0 Å². The van der Waals surface area contributed by atoms with Crippen molar-refractivity contribution in [3.05, 3.63) is 28.8 Å². The van der Waals surface area contributed by atoms with Gasteiger partial charge in [0.1, 0.15) is 11.9 Å². The normalized spacial score (nSPS) is 24.1. The second-order valence-corrected chi connectivity index (χ2v) is 5.83. The molecule has 2 nitrogen and oxygen atoms in total. The molecule has 2 heteroatoms. The minimum atomic E-state index is 0.0102. The van der Waals surface area contributed by atoms with E-state index in [1.165, 1.54) is 11.1 Å². The van der Waals surface area contributed by atoms with E-state index in [4.69, 9.17) is 10.5 Å². The van der Waals surface area contributed by atoms with Crippen molar-refractivity contribution in [2.75, 3.05) is 0 Å². The van der Waals surface area contributed by atoms with Crippen molar-refractivity contribution in [3.63, 3.8) is 0 Å². The topological polar surface area (TPSA) is 35.2 Å². The van der Waals surface area contributed by atoms with E-state index in [0.717, 1.165) is 11.3 Å². The summed E-state index contributed by atoms with van der Waals surface area (Å²) >= 11 is 0. The average Bonchev–Trinajstić information content (AvgIpc) is 2.42. The average molecular weight is 219 g/mol. The molecule has 0 saturated carbocycles. The molecule has 0 radical (unpaired) electrons. The monoisotopic (exact) mass is 219 g/mol. The number of nitrogens with two attached hydrogens (primary N) is 1. The fourth-order valence-corrected chi connectivity index (χ4v) is 2.25. The smallest absolute Gasteiger partial charge is 0.128 e. The van der Waals surface area contributed by atoms with E-state index in [1.54, 1.807) is 0 Å². The largest absolute Gasteiger partial charge is 0.488 e. The number of ether oxygens (including phenoxy) is 1. The van der Waals surface area contributed by atoms with Gasteiger partial charge in [0.05, 0.1) is 6.04 Å². The van der Waals surface area contributed by atoms with E-state index < -0.39 is 0 Å². The summed E-state index contributed by atoms with van der Waals surface area (Å²) in [5.74, 6) is 1.01. The number of rotatable bonds is 0. The lowest BCUT2D eigenvalue weighted by Gasteiger charge is -2.22. The van der Waals surface area contributed by atoms with Gasteiger partial charge in [0, 0.05) is 11.1 Å². The third-order valence-electron chi connectivity index (χ3n) is 3.24. The van der Waals surface area contributed by atoms with Crippen LogP contribution in [-0.4, -0.2) is 6.10 Å². The van der Waals surface area contributed by atoms with Crippen LogP contribution in [0, 0.1) is 6.92 Å². The Morgan fingerprint density at radius 1 is 1.25 bits per heavy atom. The van der Waals surface area contributed by atoms with Crippen LogP contribution in [0.5, 0.6) is 5.75 Å². The van der Waals surface area contributed by atoms with Gasteiger partial charge in [-0.05, 0) is 19.3 Å². The first-order chi connectivity index (χ1) is 7.30. The van der Waals surface area contributed by atoms with Crippen LogP contribution in [0.3, 0.4) is 0 Å². The van der Waals surface area contributed by atoms with Crippen LogP contribution in [0.1, 0.15) is 50.4 Å². The van der Waals surface area contributed by atoms with E-state index in [2.05, 4.69) is 39.8 Å². The van der Waals surface area contributed by atoms with Crippen LogP contribution in [0.15, 0.2) is 12.1 Å². The van der Waals surface area contributed by atoms with Crippen LogP contribution >= 0.6 is 0 Å². The Bertz CT molecular complexity index is 417. The highest BCUT2D eigenvalue weighted by Crippen LogP contribution is 2.43. The molecule has 0 bridgehead atoms. The lowest BCUT2D eigenvalue weighted by Crippen LogP contribution is -2.21. The Kier molecular flexibility index (Phi) is 2.50. The zero-order chi connectivity index (χ0) is 12.1. The first-order valence-electron chi connectivity index (χ1n) is 5.88. The first kappa shape index (κ1) is 11.5. The van der Waals surface area contributed by atoms with Gasteiger partial charge in [-0.1, -0.05) is 38.5 Å². The van der Waals surface area contributed by atoms with Crippen molar-refractivity contribution in [2.24, 2.45) is 5.73 Å². The van der Waals surface area contributed by atoms with Gasteiger partial charge in [0.15, 0.2) is 0 Å². The quantitative estimate of drug-likeness (QED) is 0.727. The first-order valence-corrected chi connectivity index (χ1v) is 5.88. The molecule has 2 N–H and O–H groups in total. The Hall–Kier alpha value is -1.02. The van der Waals surface area contributed by atoms with Crippen molar-refractivity contribution in [3.8, 4) is 5.75 Å². The fourth-order valence-electron chi connectivity index (χ4n) is 2.25. The molecule has 0 aromatic heterocycles. The highest BCUT2D eigenvalue weighted by molar-refractivity contribution is 5.51. The van der Waals surface area contributed by atoms with E-state index in [0.29, 0.717) is 0 Å². The van der Waals surface area contributed by atoms with Crippen LogP contribution in [0.25, 0.3) is 0 Å². The highest BCUT2D eigenvalue weighted by atomic mass is 16.5. The maximum atomic E-state index is 6.15. The molecule has 1 aliphatic heterocycles. The molecular formula is C14H21NO. The summed E-state index contributed by atoms with van der Waals surface area (Å²) < 4.78 is 5.91. The zero-order valence-electron chi connectivity index (χ0n) is 10.8. The molecule has 1 aromatic carbocycles. The molecule has 0 amide bonds. The van der Waals surface area contributed by atoms with Gasteiger partial charge in [-0.15, -0.1) is 0 Å². The minimum absolute atomic E-state index is 0.0102. The maximum Gasteiger partial charge on any atom is 0.128 e. The van der Waals surface area contributed by atoms with Gasteiger partial charge in [0.2, 0.25) is 0 Å². The number of hydrogen-bond donors (Lipinski definition) is 1. The molecule has 2 atom stereocenters. The summed E-state index contributed by atoms with van der Waals surface area (Å²) in [6.07, 6.45) is 0.0814. The molecule has 1 heterocycles. The molecule has 0 saturated heterocycles. The summed E-state index contributed by atoms with van der Waals surface area (Å²) in [5, 5.41) is 0. The Labute approximate surface area is 97.8 Å². The summed E-state index contributed by atoms with van der Waals surface area (Å²) in [6, 6.07) is 4.37. The third kappa shape index (κ3) is 1.71. The Balaban J connectivity index is 2.62. The number of benzene rings is 1. The summed E-state index contributed by atoms with van der Waals surface area (Å²) in [5.41, 5.74) is 9.93. The number of aryl methyl sites for hydroxylation is 1. The molecule has 16 heavy (non-hydrogen) atoms. The van der Waals surface area contributed by atoms with Crippen LogP contribution in [0.2, 0.25) is 0 Å². The van der Waals surface area contributed by atoms with Crippen LogP contribution in [-0.2, 0) is 5.41 Å². The molecule has 0 fully saturated rings. The Morgan fingerprint density at radius 2 is 1.88 bits per heavy atom. The van der Waals surface area contributed by atoms with Gasteiger partial charge >= 0.3 is 0 Å². The second kappa shape index (κ2) is 3.49. The van der Waals surface area contributed by atoms with Gasteiger partial charge in [-0.3, -0.25) is 0 Å². The van der Waals surface area contributed by atoms with E-state index in [1.807, 2.05) is 6.92 Å². The number of hydrogen-bond acceptors (Lipinski definition) is 2. The van der Waals surface area contributed by atoms with Gasteiger partial charge < -0.3 is 10.5 Å². The number of fused-ring (bicyclic) bond motifs is 1. The predicted molar refractivity (Wildman–Crippen MR) is 66.9 cm³/mol. The van der Waals surface area contributed by atoms with Gasteiger partial charge in [-0.25, -0.2) is 0 Å². The Morgan fingerprint density at radius 3 is 2.44 bits per heavy atom. The summed E-state index contributed by atoms with van der Waals surface area (Å²) in [6.45, 7) is 10.8. The second-order valence-electron chi connectivity index (χ2n) is 5.83. The summed E-state index contributed by atoms with van der Waals surface area (Å²) in [7, 11) is 0. The standard InChI is InChI=1S/C14H21NO/c1-8-6-10-12(15)9(2)16-13(10)11(7-8)14(3,4)5/h6-7,9,12H,15H2,1-5H3. The summed E-state index contributed by atoms with van der Waals surface area (Å²) in [4.78, 5) is 0. The van der Waals surface area contributed by atoms with Crippen molar-refractivity contribution in [1.29, 1.82) is 0 Å². The minimum Gasteiger partial charge on any atom is -0.488 e. The molecule has 88 valence electrons. The third-order valence-corrected chi connectivity index (χ3v) is 3.24. The lowest BCUT2D eigenvalue weighted by atomic mass is 9.83. The van der Waals surface area contributed by atoms with Crippen LogP contribution < -0.4 is 10.5 Å². The molecule has 2 rings (SSSR count). The molecule has 0 aliphatic carbocycles. The highest BCUT2D eigenvalue weighted by Gasteiger charge is 2.33. The predicted octanol–water partition coefficient (Wildman–Crippen LogP) is 3.07. The van der Waals surface area contributed by atoms with E-state index >= 15 is 0 Å². The van der Waals surface area contributed by atoms with E-state index in [-0.39, 0.29) is 17.6 Å². The van der Waals surface area contributed by atoms with Crippen LogP contribution in [0.4, 0.5) is 0 Å². The lowest BCUT2D eigenvalue weighted by molar-refractivity contribution is 0.224. The fraction of sp³-hybridized carbons (Fsp3) is 0.571. The molecule has 1 aromatic rings. The molecular weight excluding hydrogens is 198 g/mol.